The molecular weight excluding hydrogens is 376 g/mol. The SMILES string of the molecule is Cc1c(C(=O)O)nc(-c2ccc(Cl)cc2)n1-c1ccc(S(C)(=O)=O)cc1. The third kappa shape index (κ3) is 3.36. The number of benzene rings is 2. The molecule has 6 nitrogen and oxygen atoms in total. The molecule has 0 spiro atoms. The van der Waals surface area contributed by atoms with Gasteiger partial charge in [-0.3, -0.25) is 4.57 Å². The number of imidazole rings is 1. The van der Waals surface area contributed by atoms with Crippen LogP contribution in [0.2, 0.25) is 5.02 Å². The number of carboxylic acid groups (broad SMARTS) is 1. The van der Waals surface area contributed by atoms with Crippen LogP contribution in [0.5, 0.6) is 0 Å². The Morgan fingerprint density at radius 2 is 1.65 bits per heavy atom. The fourth-order valence-electron chi connectivity index (χ4n) is 2.66. The first kappa shape index (κ1) is 18.2. The molecule has 0 bridgehead atoms. The molecule has 8 heteroatoms. The second-order valence-electron chi connectivity index (χ2n) is 5.78. The zero-order valence-electron chi connectivity index (χ0n) is 14.0. The van der Waals surface area contributed by atoms with Crippen LogP contribution in [-0.2, 0) is 9.84 Å². The highest BCUT2D eigenvalue weighted by Crippen LogP contribution is 2.28. The summed E-state index contributed by atoms with van der Waals surface area (Å²) in [5.74, 6) is -0.701. The minimum absolute atomic E-state index is 0.0675. The van der Waals surface area contributed by atoms with E-state index in [2.05, 4.69) is 4.98 Å². The average molecular weight is 391 g/mol. The fourth-order valence-corrected chi connectivity index (χ4v) is 3.41. The molecule has 0 aliphatic rings. The molecule has 0 saturated carbocycles. The Hall–Kier alpha value is -2.64. The Balaban J connectivity index is 2.22. The lowest BCUT2D eigenvalue weighted by molar-refractivity contribution is 0.0690. The lowest BCUT2D eigenvalue weighted by Gasteiger charge is -2.11. The van der Waals surface area contributed by atoms with Crippen LogP contribution in [0.3, 0.4) is 0 Å². The standard InChI is InChI=1S/C18H15ClN2O4S/c1-11-16(18(22)23)20-17(12-3-5-13(19)6-4-12)21(11)14-7-9-15(10-8-14)26(2,24)25/h3-10H,1-2H3,(H,22,23). The van der Waals surface area contributed by atoms with Crippen molar-refractivity contribution in [1.82, 2.24) is 9.55 Å². The average Bonchev–Trinajstić information content (AvgIpc) is 2.92. The van der Waals surface area contributed by atoms with Crippen molar-refractivity contribution in [1.29, 1.82) is 0 Å². The van der Waals surface area contributed by atoms with E-state index in [9.17, 15) is 18.3 Å². The largest absolute Gasteiger partial charge is 0.476 e. The molecule has 0 saturated heterocycles. The summed E-state index contributed by atoms with van der Waals surface area (Å²) in [7, 11) is -3.32. The summed E-state index contributed by atoms with van der Waals surface area (Å²) in [6, 6.07) is 13.1. The van der Waals surface area contributed by atoms with Gasteiger partial charge in [0.2, 0.25) is 0 Å². The maximum atomic E-state index is 11.7. The first-order chi connectivity index (χ1) is 12.2. The number of halogens is 1. The number of hydrogen-bond acceptors (Lipinski definition) is 4. The second kappa shape index (κ2) is 6.59. The van der Waals surface area contributed by atoms with Gasteiger partial charge in [-0.05, 0) is 55.5 Å². The van der Waals surface area contributed by atoms with Gasteiger partial charge in [0, 0.05) is 22.5 Å². The molecule has 1 N–H and O–H groups in total. The van der Waals surface area contributed by atoms with Crippen molar-refractivity contribution in [2.75, 3.05) is 6.26 Å². The quantitative estimate of drug-likeness (QED) is 0.735. The number of hydrogen-bond donors (Lipinski definition) is 1. The molecule has 0 fully saturated rings. The Morgan fingerprint density at radius 1 is 1.08 bits per heavy atom. The maximum absolute atomic E-state index is 11.7. The van der Waals surface area contributed by atoms with Gasteiger partial charge in [-0.25, -0.2) is 18.2 Å². The van der Waals surface area contributed by atoms with Crippen molar-refractivity contribution in [3.63, 3.8) is 0 Å². The number of carboxylic acids is 1. The molecule has 1 heterocycles. The van der Waals surface area contributed by atoms with E-state index in [-0.39, 0.29) is 10.6 Å². The Labute approximate surface area is 155 Å². The molecule has 0 atom stereocenters. The van der Waals surface area contributed by atoms with Gasteiger partial charge in [0.05, 0.1) is 10.6 Å². The van der Waals surface area contributed by atoms with Gasteiger partial charge >= 0.3 is 5.97 Å². The summed E-state index contributed by atoms with van der Waals surface area (Å²) in [4.78, 5) is 16.0. The number of aromatic carboxylic acids is 1. The lowest BCUT2D eigenvalue weighted by atomic mass is 10.2. The van der Waals surface area contributed by atoms with Crippen LogP contribution in [0.25, 0.3) is 17.1 Å². The summed E-state index contributed by atoms with van der Waals surface area (Å²) in [5, 5.41) is 9.97. The highest BCUT2D eigenvalue weighted by molar-refractivity contribution is 7.90. The van der Waals surface area contributed by atoms with Crippen molar-refractivity contribution in [2.45, 2.75) is 11.8 Å². The first-order valence-electron chi connectivity index (χ1n) is 7.57. The van der Waals surface area contributed by atoms with Crippen LogP contribution in [0.4, 0.5) is 0 Å². The van der Waals surface area contributed by atoms with Crippen LogP contribution in [0.1, 0.15) is 16.2 Å². The van der Waals surface area contributed by atoms with Crippen molar-refractivity contribution < 1.29 is 18.3 Å². The lowest BCUT2D eigenvalue weighted by Crippen LogP contribution is -2.03. The van der Waals surface area contributed by atoms with Gasteiger partial charge in [0.25, 0.3) is 0 Å². The minimum atomic E-state index is -3.32. The van der Waals surface area contributed by atoms with E-state index in [0.29, 0.717) is 27.8 Å². The summed E-state index contributed by atoms with van der Waals surface area (Å²) in [6.07, 6.45) is 1.13. The van der Waals surface area contributed by atoms with Crippen LogP contribution in [0.15, 0.2) is 53.4 Å². The number of rotatable bonds is 4. The highest BCUT2D eigenvalue weighted by Gasteiger charge is 2.21. The number of carbonyl (C=O) groups is 1. The van der Waals surface area contributed by atoms with E-state index in [1.165, 1.54) is 12.1 Å². The van der Waals surface area contributed by atoms with Crippen LogP contribution >= 0.6 is 11.6 Å². The molecule has 134 valence electrons. The van der Waals surface area contributed by atoms with E-state index < -0.39 is 15.8 Å². The van der Waals surface area contributed by atoms with Crippen LogP contribution in [0, 0.1) is 6.92 Å². The van der Waals surface area contributed by atoms with E-state index in [1.807, 2.05) is 0 Å². The predicted molar refractivity (Wildman–Crippen MR) is 98.8 cm³/mol. The fraction of sp³-hybridized carbons (Fsp3) is 0.111. The van der Waals surface area contributed by atoms with E-state index in [1.54, 1.807) is 47.9 Å². The molecule has 3 aromatic rings. The molecule has 0 unspecified atom stereocenters. The minimum Gasteiger partial charge on any atom is -0.476 e. The predicted octanol–water partition coefficient (Wildman–Crippen LogP) is 3.60. The van der Waals surface area contributed by atoms with Gasteiger partial charge in [-0.1, -0.05) is 11.6 Å². The Kier molecular flexibility index (Phi) is 4.60. The van der Waals surface area contributed by atoms with Gasteiger partial charge < -0.3 is 5.11 Å². The molecule has 0 aliphatic carbocycles. The van der Waals surface area contributed by atoms with Crippen molar-refractivity contribution in [2.24, 2.45) is 0 Å². The second-order valence-corrected chi connectivity index (χ2v) is 8.24. The van der Waals surface area contributed by atoms with E-state index >= 15 is 0 Å². The molecule has 0 amide bonds. The van der Waals surface area contributed by atoms with Crippen LogP contribution in [-0.4, -0.2) is 35.3 Å². The van der Waals surface area contributed by atoms with Crippen molar-refractivity contribution in [3.05, 3.63) is 64.9 Å². The number of sulfone groups is 1. The number of aromatic nitrogens is 2. The molecule has 0 aliphatic heterocycles. The number of nitrogens with zero attached hydrogens (tertiary/aromatic N) is 2. The highest BCUT2D eigenvalue weighted by atomic mass is 35.5. The summed E-state index contributed by atoms with van der Waals surface area (Å²) in [6.45, 7) is 1.65. The topological polar surface area (TPSA) is 89.3 Å². The van der Waals surface area contributed by atoms with Gasteiger partial charge in [0.15, 0.2) is 15.5 Å². The Bertz CT molecular complexity index is 1090. The summed E-state index contributed by atoms with van der Waals surface area (Å²) < 4.78 is 25.0. The van der Waals surface area contributed by atoms with E-state index in [0.717, 1.165) is 6.26 Å². The van der Waals surface area contributed by atoms with Gasteiger partial charge in [-0.15, -0.1) is 0 Å². The zero-order chi connectivity index (χ0) is 19.1. The first-order valence-corrected chi connectivity index (χ1v) is 9.84. The van der Waals surface area contributed by atoms with Gasteiger partial charge in [0.1, 0.15) is 5.82 Å². The van der Waals surface area contributed by atoms with Crippen molar-refractivity contribution in [3.8, 4) is 17.1 Å². The van der Waals surface area contributed by atoms with Crippen LogP contribution < -0.4 is 0 Å². The maximum Gasteiger partial charge on any atom is 0.356 e. The van der Waals surface area contributed by atoms with Crippen molar-refractivity contribution >= 4 is 27.4 Å². The third-order valence-electron chi connectivity index (χ3n) is 3.94. The van der Waals surface area contributed by atoms with Gasteiger partial charge in [-0.2, -0.15) is 0 Å². The summed E-state index contributed by atoms with van der Waals surface area (Å²) in [5.41, 5.74) is 1.67. The third-order valence-corrected chi connectivity index (χ3v) is 5.32. The molecular formula is C18H15ClN2O4S. The molecule has 1 aromatic heterocycles. The smallest absolute Gasteiger partial charge is 0.356 e. The monoisotopic (exact) mass is 390 g/mol. The summed E-state index contributed by atoms with van der Waals surface area (Å²) >= 11 is 5.92. The molecule has 3 rings (SSSR count). The Morgan fingerprint density at radius 3 is 2.15 bits per heavy atom. The molecule has 2 aromatic carbocycles. The molecule has 0 radical (unpaired) electrons. The molecule has 26 heavy (non-hydrogen) atoms. The zero-order valence-corrected chi connectivity index (χ0v) is 15.5. The normalized spacial score (nSPS) is 11.5. The van der Waals surface area contributed by atoms with E-state index in [4.69, 9.17) is 11.6 Å².